The smallest absolute Gasteiger partial charge is 0.259 e. The number of fused-ring (bicyclic) bond motifs is 1. The molecule has 0 spiro atoms. The predicted octanol–water partition coefficient (Wildman–Crippen LogP) is 4.37. The Bertz CT molecular complexity index is 1160. The number of hydrogen-bond acceptors (Lipinski definition) is 4. The molecule has 170 valence electrons. The van der Waals surface area contributed by atoms with Crippen LogP contribution in [0.5, 0.6) is 11.5 Å². The largest absolute Gasteiger partial charge is 0.496 e. The summed E-state index contributed by atoms with van der Waals surface area (Å²) in [6.07, 6.45) is 0.403. The van der Waals surface area contributed by atoms with E-state index >= 15 is 0 Å². The zero-order chi connectivity index (χ0) is 23.4. The highest BCUT2D eigenvalue weighted by atomic mass is 16.5. The van der Waals surface area contributed by atoms with E-state index in [1.807, 2.05) is 86.6 Å². The number of benzene rings is 3. The van der Waals surface area contributed by atoms with Crippen LogP contribution in [0, 0.1) is 0 Å². The maximum absolute atomic E-state index is 13.6. The molecule has 1 aliphatic heterocycles. The second-order valence-electron chi connectivity index (χ2n) is 8.17. The average Bonchev–Trinajstić information content (AvgIpc) is 2.84. The number of carbonyl (C=O) groups excluding carboxylic acids is 2. The van der Waals surface area contributed by atoms with Crippen molar-refractivity contribution in [3.8, 4) is 11.5 Å². The molecule has 0 aliphatic carbocycles. The van der Waals surface area contributed by atoms with Crippen LogP contribution >= 0.6 is 0 Å². The number of methoxy groups -OCH3 is 1. The van der Waals surface area contributed by atoms with Crippen molar-refractivity contribution < 1.29 is 19.1 Å². The SMILES string of the molecule is CCOc1ccc(N2C(=O)c3ccccc3C[C@@]2(C)C(=O)NCc2ccccc2OC)cc1. The Morgan fingerprint density at radius 3 is 2.45 bits per heavy atom. The molecule has 6 nitrogen and oxygen atoms in total. The van der Waals surface area contributed by atoms with Gasteiger partial charge in [0.05, 0.1) is 13.7 Å². The van der Waals surface area contributed by atoms with Gasteiger partial charge in [-0.3, -0.25) is 14.5 Å². The van der Waals surface area contributed by atoms with Gasteiger partial charge in [0.15, 0.2) is 0 Å². The average molecular weight is 445 g/mol. The van der Waals surface area contributed by atoms with E-state index in [4.69, 9.17) is 9.47 Å². The summed E-state index contributed by atoms with van der Waals surface area (Å²) >= 11 is 0. The van der Waals surface area contributed by atoms with Crippen molar-refractivity contribution in [2.75, 3.05) is 18.6 Å². The molecule has 1 aliphatic rings. The number of hydrogen-bond donors (Lipinski definition) is 1. The summed E-state index contributed by atoms with van der Waals surface area (Å²) in [5.74, 6) is 0.992. The van der Waals surface area contributed by atoms with Crippen molar-refractivity contribution in [1.82, 2.24) is 5.32 Å². The number of nitrogens with zero attached hydrogens (tertiary/aromatic N) is 1. The van der Waals surface area contributed by atoms with E-state index in [2.05, 4.69) is 5.32 Å². The summed E-state index contributed by atoms with van der Waals surface area (Å²) in [5, 5.41) is 3.03. The third-order valence-electron chi connectivity index (χ3n) is 6.01. The van der Waals surface area contributed by atoms with Gasteiger partial charge in [-0.1, -0.05) is 36.4 Å². The van der Waals surface area contributed by atoms with Crippen LogP contribution in [-0.4, -0.2) is 31.1 Å². The number of nitrogens with one attached hydrogen (secondary N) is 1. The lowest BCUT2D eigenvalue weighted by Gasteiger charge is -2.44. The monoisotopic (exact) mass is 444 g/mol. The quantitative estimate of drug-likeness (QED) is 0.588. The third-order valence-corrected chi connectivity index (χ3v) is 6.01. The summed E-state index contributed by atoms with van der Waals surface area (Å²) in [5.41, 5.74) is 1.88. The van der Waals surface area contributed by atoms with Crippen molar-refractivity contribution >= 4 is 17.5 Å². The Kier molecular flexibility index (Phi) is 6.36. The summed E-state index contributed by atoms with van der Waals surface area (Å²) in [6.45, 7) is 4.58. The van der Waals surface area contributed by atoms with Gasteiger partial charge in [0.25, 0.3) is 5.91 Å². The van der Waals surface area contributed by atoms with Crippen LogP contribution in [0.3, 0.4) is 0 Å². The van der Waals surface area contributed by atoms with Gasteiger partial charge in [-0.2, -0.15) is 0 Å². The van der Waals surface area contributed by atoms with Crippen LogP contribution in [0.2, 0.25) is 0 Å². The maximum Gasteiger partial charge on any atom is 0.259 e. The van der Waals surface area contributed by atoms with Crippen LogP contribution in [0.1, 0.15) is 35.3 Å². The first-order valence-corrected chi connectivity index (χ1v) is 11.0. The molecule has 2 amide bonds. The Balaban J connectivity index is 1.69. The van der Waals surface area contributed by atoms with E-state index in [0.29, 0.717) is 42.3 Å². The number of anilines is 1. The van der Waals surface area contributed by atoms with E-state index in [1.165, 1.54) is 0 Å². The van der Waals surface area contributed by atoms with E-state index < -0.39 is 5.54 Å². The summed E-state index contributed by atoms with van der Waals surface area (Å²) in [4.78, 5) is 28.8. The molecule has 0 fully saturated rings. The fourth-order valence-corrected chi connectivity index (χ4v) is 4.33. The first-order chi connectivity index (χ1) is 16.0. The first kappa shape index (κ1) is 22.4. The normalized spacial score (nSPS) is 17.3. The van der Waals surface area contributed by atoms with E-state index in [0.717, 1.165) is 11.1 Å². The minimum atomic E-state index is -1.11. The van der Waals surface area contributed by atoms with Gasteiger partial charge in [0, 0.05) is 29.8 Å². The molecule has 0 saturated heterocycles. The topological polar surface area (TPSA) is 67.9 Å². The van der Waals surface area contributed by atoms with E-state index in [-0.39, 0.29) is 11.8 Å². The minimum Gasteiger partial charge on any atom is -0.496 e. The number of para-hydroxylation sites is 1. The molecule has 1 atom stereocenters. The second kappa shape index (κ2) is 9.36. The van der Waals surface area contributed by atoms with Gasteiger partial charge < -0.3 is 14.8 Å². The summed E-state index contributed by atoms with van der Waals surface area (Å²) in [7, 11) is 1.60. The molecule has 1 N–H and O–H groups in total. The zero-order valence-corrected chi connectivity index (χ0v) is 19.1. The van der Waals surface area contributed by atoms with Gasteiger partial charge in [-0.15, -0.1) is 0 Å². The molecule has 0 saturated carbocycles. The molecule has 3 aromatic rings. The fraction of sp³-hybridized carbons (Fsp3) is 0.259. The first-order valence-electron chi connectivity index (χ1n) is 11.0. The van der Waals surface area contributed by atoms with Gasteiger partial charge in [-0.05, 0) is 55.8 Å². The van der Waals surface area contributed by atoms with Crippen molar-refractivity contribution in [2.24, 2.45) is 0 Å². The minimum absolute atomic E-state index is 0.198. The molecule has 0 unspecified atom stereocenters. The number of amides is 2. The molecule has 0 radical (unpaired) electrons. The van der Waals surface area contributed by atoms with E-state index in [9.17, 15) is 9.59 Å². The van der Waals surface area contributed by atoms with Crippen LogP contribution in [-0.2, 0) is 17.8 Å². The van der Waals surface area contributed by atoms with Crippen molar-refractivity contribution in [3.05, 3.63) is 89.5 Å². The maximum atomic E-state index is 13.6. The highest BCUT2D eigenvalue weighted by Crippen LogP contribution is 2.36. The fourth-order valence-electron chi connectivity index (χ4n) is 4.33. The highest BCUT2D eigenvalue weighted by molar-refractivity contribution is 6.14. The van der Waals surface area contributed by atoms with Gasteiger partial charge in [0.1, 0.15) is 17.0 Å². The molecule has 4 rings (SSSR count). The molecule has 0 aromatic heterocycles. The molecule has 0 bridgehead atoms. The molecule has 6 heteroatoms. The lowest BCUT2D eigenvalue weighted by Crippen LogP contribution is -2.63. The lowest BCUT2D eigenvalue weighted by molar-refractivity contribution is -0.126. The van der Waals surface area contributed by atoms with Gasteiger partial charge in [0.2, 0.25) is 5.91 Å². The van der Waals surface area contributed by atoms with Crippen molar-refractivity contribution in [2.45, 2.75) is 32.4 Å². The van der Waals surface area contributed by atoms with Crippen LogP contribution < -0.4 is 19.7 Å². The van der Waals surface area contributed by atoms with Crippen LogP contribution in [0.15, 0.2) is 72.8 Å². The molecule has 33 heavy (non-hydrogen) atoms. The molecule has 3 aromatic carbocycles. The molecular weight excluding hydrogens is 416 g/mol. The van der Waals surface area contributed by atoms with E-state index in [1.54, 1.807) is 12.0 Å². The lowest BCUT2D eigenvalue weighted by atomic mass is 9.82. The van der Waals surface area contributed by atoms with Gasteiger partial charge in [-0.25, -0.2) is 0 Å². The molecule has 1 heterocycles. The van der Waals surface area contributed by atoms with Crippen molar-refractivity contribution in [3.63, 3.8) is 0 Å². The summed E-state index contributed by atoms with van der Waals surface area (Å²) in [6, 6.07) is 22.3. The Hall–Kier alpha value is -3.80. The number of rotatable bonds is 7. The Morgan fingerprint density at radius 1 is 1.03 bits per heavy atom. The number of carbonyl (C=O) groups is 2. The van der Waals surface area contributed by atoms with Crippen LogP contribution in [0.25, 0.3) is 0 Å². The highest BCUT2D eigenvalue weighted by Gasteiger charge is 2.47. The zero-order valence-electron chi connectivity index (χ0n) is 19.1. The standard InChI is InChI=1S/C27H28N2O4/c1-4-33-22-15-13-21(14-16-22)29-25(30)23-11-7-5-9-19(23)17-27(29,2)26(31)28-18-20-10-6-8-12-24(20)32-3/h5-16H,4,17-18H2,1-3H3,(H,28,31)/t27-/m0/s1. The Labute approximate surface area is 194 Å². The van der Waals surface area contributed by atoms with Crippen LogP contribution in [0.4, 0.5) is 5.69 Å². The predicted molar refractivity (Wildman–Crippen MR) is 128 cm³/mol. The van der Waals surface area contributed by atoms with Gasteiger partial charge >= 0.3 is 0 Å². The second-order valence-corrected chi connectivity index (χ2v) is 8.17. The Morgan fingerprint density at radius 2 is 1.73 bits per heavy atom. The third kappa shape index (κ3) is 4.29. The molecular formula is C27H28N2O4. The van der Waals surface area contributed by atoms with Crippen molar-refractivity contribution in [1.29, 1.82) is 0 Å². The summed E-state index contributed by atoms with van der Waals surface area (Å²) < 4.78 is 11.0. The number of ether oxygens (including phenoxy) is 2.